The molecule has 0 saturated carbocycles. The first-order chi connectivity index (χ1) is 14.5. The number of nitrogens with zero attached hydrogens (tertiary/aromatic N) is 2. The van der Waals surface area contributed by atoms with E-state index >= 15 is 0 Å². The van der Waals surface area contributed by atoms with Crippen molar-refractivity contribution < 1.29 is 5.11 Å². The predicted octanol–water partition coefficient (Wildman–Crippen LogP) is 5.80. The standard InChI is InChI=1S/C26H37ClN2O/c1-3-4-5-6-16-28-18-20-29(21-19-28)17-15-26(2,30)24-11-7-22(8-12-24)23-9-13-25(27)14-10-23/h7-14,30H,3-6,15-21H2,1-2H3. The molecule has 1 aliphatic rings. The van der Waals surface area contributed by atoms with Crippen LogP contribution in [-0.2, 0) is 5.60 Å². The lowest BCUT2D eigenvalue weighted by Crippen LogP contribution is -2.47. The normalized spacial score (nSPS) is 17.7. The molecule has 2 aromatic rings. The van der Waals surface area contributed by atoms with Crippen LogP contribution in [0.3, 0.4) is 0 Å². The second-order valence-corrected chi connectivity index (χ2v) is 9.29. The Hall–Kier alpha value is -1.39. The van der Waals surface area contributed by atoms with Crippen molar-refractivity contribution in [2.75, 3.05) is 39.3 Å². The Bertz CT molecular complexity index is 750. The number of benzene rings is 2. The van der Waals surface area contributed by atoms with Crippen LogP contribution in [-0.4, -0.2) is 54.2 Å². The van der Waals surface area contributed by atoms with E-state index in [4.69, 9.17) is 11.6 Å². The maximum atomic E-state index is 11.1. The minimum absolute atomic E-state index is 0.746. The zero-order valence-electron chi connectivity index (χ0n) is 18.6. The van der Waals surface area contributed by atoms with Gasteiger partial charge < -0.3 is 14.9 Å². The quantitative estimate of drug-likeness (QED) is 0.484. The van der Waals surface area contributed by atoms with Gasteiger partial charge in [-0.05, 0) is 55.1 Å². The van der Waals surface area contributed by atoms with Gasteiger partial charge in [0.15, 0.2) is 0 Å². The van der Waals surface area contributed by atoms with E-state index in [0.717, 1.165) is 60.9 Å². The molecule has 2 aromatic carbocycles. The van der Waals surface area contributed by atoms with E-state index in [1.807, 2.05) is 31.2 Å². The highest BCUT2D eigenvalue weighted by Crippen LogP contribution is 2.28. The van der Waals surface area contributed by atoms with Crippen molar-refractivity contribution in [3.8, 4) is 11.1 Å². The van der Waals surface area contributed by atoms with Gasteiger partial charge in [-0.2, -0.15) is 0 Å². The van der Waals surface area contributed by atoms with E-state index in [-0.39, 0.29) is 0 Å². The maximum Gasteiger partial charge on any atom is 0.0880 e. The summed E-state index contributed by atoms with van der Waals surface area (Å²) in [6.07, 6.45) is 6.10. The van der Waals surface area contributed by atoms with Gasteiger partial charge in [-0.25, -0.2) is 0 Å². The molecular formula is C26H37ClN2O. The molecule has 1 atom stereocenters. The SMILES string of the molecule is CCCCCCN1CCN(CCC(C)(O)c2ccc(-c3ccc(Cl)cc3)cc2)CC1. The average Bonchev–Trinajstić information content (AvgIpc) is 2.77. The molecular weight excluding hydrogens is 392 g/mol. The van der Waals surface area contributed by atoms with E-state index in [1.54, 1.807) is 0 Å². The molecule has 30 heavy (non-hydrogen) atoms. The lowest BCUT2D eigenvalue weighted by Gasteiger charge is -2.36. The largest absolute Gasteiger partial charge is 0.385 e. The molecule has 1 saturated heterocycles. The predicted molar refractivity (Wildman–Crippen MR) is 128 cm³/mol. The fourth-order valence-electron chi connectivity index (χ4n) is 4.18. The van der Waals surface area contributed by atoms with Crippen LogP contribution in [0.4, 0.5) is 0 Å². The van der Waals surface area contributed by atoms with E-state index in [0.29, 0.717) is 0 Å². The van der Waals surface area contributed by atoms with E-state index in [1.165, 1.54) is 32.2 Å². The zero-order chi connectivity index (χ0) is 21.4. The number of rotatable bonds is 10. The van der Waals surface area contributed by atoms with Gasteiger partial charge in [-0.1, -0.05) is 74.2 Å². The number of hydrogen-bond acceptors (Lipinski definition) is 3. The molecule has 0 amide bonds. The summed E-state index contributed by atoms with van der Waals surface area (Å²) in [5.74, 6) is 0. The summed E-state index contributed by atoms with van der Waals surface area (Å²) >= 11 is 5.99. The molecule has 1 aliphatic heterocycles. The highest BCUT2D eigenvalue weighted by Gasteiger charge is 2.25. The van der Waals surface area contributed by atoms with Crippen LogP contribution in [0.2, 0.25) is 5.02 Å². The van der Waals surface area contributed by atoms with Crippen LogP contribution in [0.25, 0.3) is 11.1 Å². The molecule has 0 aliphatic carbocycles. The van der Waals surface area contributed by atoms with Gasteiger partial charge in [-0.15, -0.1) is 0 Å². The fourth-order valence-corrected chi connectivity index (χ4v) is 4.31. The molecule has 0 bridgehead atoms. The Morgan fingerprint density at radius 1 is 0.800 bits per heavy atom. The summed E-state index contributed by atoms with van der Waals surface area (Å²) in [5, 5.41) is 11.8. The van der Waals surface area contributed by atoms with Gasteiger partial charge in [0.2, 0.25) is 0 Å². The summed E-state index contributed by atoms with van der Waals surface area (Å²) < 4.78 is 0. The molecule has 0 spiro atoms. The van der Waals surface area contributed by atoms with Crippen LogP contribution >= 0.6 is 11.6 Å². The third-order valence-corrected chi connectivity index (χ3v) is 6.64. The minimum Gasteiger partial charge on any atom is -0.385 e. The molecule has 3 nitrogen and oxygen atoms in total. The van der Waals surface area contributed by atoms with E-state index in [9.17, 15) is 5.11 Å². The van der Waals surface area contributed by atoms with Crippen LogP contribution in [0.5, 0.6) is 0 Å². The molecule has 0 radical (unpaired) electrons. The second-order valence-electron chi connectivity index (χ2n) is 8.85. The average molecular weight is 429 g/mol. The van der Waals surface area contributed by atoms with Gasteiger partial charge >= 0.3 is 0 Å². The Balaban J connectivity index is 1.45. The van der Waals surface area contributed by atoms with Gasteiger partial charge in [-0.3, -0.25) is 0 Å². The Labute approximate surface area is 187 Å². The highest BCUT2D eigenvalue weighted by atomic mass is 35.5. The Morgan fingerprint density at radius 3 is 1.90 bits per heavy atom. The summed E-state index contributed by atoms with van der Waals surface area (Å²) in [6, 6.07) is 16.2. The molecule has 164 valence electrons. The smallest absolute Gasteiger partial charge is 0.0880 e. The van der Waals surface area contributed by atoms with Gasteiger partial charge in [0.1, 0.15) is 0 Å². The molecule has 1 unspecified atom stereocenters. The zero-order valence-corrected chi connectivity index (χ0v) is 19.4. The van der Waals surface area contributed by atoms with Crippen molar-refractivity contribution in [2.45, 2.75) is 51.6 Å². The minimum atomic E-state index is -0.810. The highest BCUT2D eigenvalue weighted by molar-refractivity contribution is 6.30. The van der Waals surface area contributed by atoms with Crippen LogP contribution in [0.15, 0.2) is 48.5 Å². The lowest BCUT2D eigenvalue weighted by molar-refractivity contribution is 0.0284. The number of aliphatic hydroxyl groups is 1. The first-order valence-electron chi connectivity index (χ1n) is 11.5. The maximum absolute atomic E-state index is 11.1. The van der Waals surface area contributed by atoms with Gasteiger partial charge in [0.25, 0.3) is 0 Å². The van der Waals surface area contributed by atoms with E-state index < -0.39 is 5.60 Å². The number of hydrogen-bond donors (Lipinski definition) is 1. The lowest BCUT2D eigenvalue weighted by atomic mass is 9.90. The summed E-state index contributed by atoms with van der Waals surface area (Å²) in [5.41, 5.74) is 2.45. The molecule has 1 heterocycles. The molecule has 1 N–H and O–H groups in total. The molecule has 0 aromatic heterocycles. The third-order valence-electron chi connectivity index (χ3n) is 6.39. The second kappa shape index (κ2) is 11.3. The Kier molecular flexibility index (Phi) is 8.76. The van der Waals surface area contributed by atoms with Crippen LogP contribution < -0.4 is 0 Å². The topological polar surface area (TPSA) is 26.7 Å². The van der Waals surface area contributed by atoms with Crippen molar-refractivity contribution in [3.63, 3.8) is 0 Å². The van der Waals surface area contributed by atoms with E-state index in [2.05, 4.69) is 41.0 Å². The summed E-state index contributed by atoms with van der Waals surface area (Å²) in [4.78, 5) is 5.10. The van der Waals surface area contributed by atoms with Crippen molar-refractivity contribution >= 4 is 11.6 Å². The molecule has 1 fully saturated rings. The monoisotopic (exact) mass is 428 g/mol. The summed E-state index contributed by atoms with van der Waals surface area (Å²) in [6.45, 7) is 10.9. The third kappa shape index (κ3) is 6.81. The van der Waals surface area contributed by atoms with Crippen molar-refractivity contribution in [1.82, 2.24) is 9.80 Å². The van der Waals surface area contributed by atoms with Gasteiger partial charge in [0, 0.05) is 37.7 Å². The van der Waals surface area contributed by atoms with Crippen molar-refractivity contribution in [2.24, 2.45) is 0 Å². The molecule has 3 rings (SSSR count). The Morgan fingerprint density at radius 2 is 1.33 bits per heavy atom. The van der Waals surface area contributed by atoms with Crippen LogP contribution in [0.1, 0.15) is 51.5 Å². The fraction of sp³-hybridized carbons (Fsp3) is 0.538. The first kappa shape index (κ1) is 23.3. The van der Waals surface area contributed by atoms with Gasteiger partial charge in [0.05, 0.1) is 5.60 Å². The van der Waals surface area contributed by atoms with Crippen LogP contribution in [0, 0.1) is 0 Å². The first-order valence-corrected chi connectivity index (χ1v) is 11.9. The number of piperazine rings is 1. The van der Waals surface area contributed by atoms with Crippen molar-refractivity contribution in [1.29, 1.82) is 0 Å². The van der Waals surface area contributed by atoms with Crippen molar-refractivity contribution in [3.05, 3.63) is 59.1 Å². The summed E-state index contributed by atoms with van der Waals surface area (Å²) in [7, 11) is 0. The molecule has 4 heteroatoms. The number of unbranched alkanes of at least 4 members (excludes halogenated alkanes) is 3. The number of halogens is 1.